The van der Waals surface area contributed by atoms with Crippen molar-refractivity contribution in [2.24, 2.45) is 5.92 Å². The lowest BCUT2D eigenvalue weighted by Crippen LogP contribution is -2.28. The molecule has 1 saturated carbocycles. The highest BCUT2D eigenvalue weighted by molar-refractivity contribution is 8.01. The molecule has 1 N–H and O–H groups in total. The quantitative estimate of drug-likeness (QED) is 0.722. The molecule has 2 fully saturated rings. The second-order valence-electron chi connectivity index (χ2n) is 6.99. The van der Waals surface area contributed by atoms with E-state index in [0.29, 0.717) is 22.7 Å². The fourth-order valence-electron chi connectivity index (χ4n) is 3.58. The summed E-state index contributed by atoms with van der Waals surface area (Å²) in [7, 11) is 1.59. The van der Waals surface area contributed by atoms with Gasteiger partial charge in [0.15, 0.2) is 4.34 Å². The molecule has 1 aliphatic carbocycles. The van der Waals surface area contributed by atoms with E-state index in [0.717, 1.165) is 10.0 Å². The third-order valence-corrected chi connectivity index (χ3v) is 7.33. The molecule has 4 rings (SSSR count). The minimum Gasteiger partial charge on any atom is -0.497 e. The average Bonchev–Trinajstić information content (AvgIpc) is 3.44. The molecular weight excluding hydrogens is 396 g/mol. The van der Waals surface area contributed by atoms with E-state index in [2.05, 4.69) is 15.5 Å². The standard InChI is InChI=1S/C19H22N4O3S2/c1-26-14-6-4-5-13(10-14)23-11-12(9-16(23)24)17(25)20-18-21-22-19(28-18)27-15-7-2-3-8-15/h4-6,10,12,15H,2-3,7-9,11H2,1H3,(H,20,21,25). The van der Waals surface area contributed by atoms with E-state index in [9.17, 15) is 9.59 Å². The molecule has 1 aromatic heterocycles. The predicted molar refractivity (Wildman–Crippen MR) is 110 cm³/mol. The van der Waals surface area contributed by atoms with Crippen LogP contribution in [0.4, 0.5) is 10.8 Å². The topological polar surface area (TPSA) is 84.4 Å². The lowest BCUT2D eigenvalue weighted by Gasteiger charge is -2.17. The van der Waals surface area contributed by atoms with Crippen LogP contribution in [0.25, 0.3) is 0 Å². The first-order valence-corrected chi connectivity index (χ1v) is 11.1. The van der Waals surface area contributed by atoms with E-state index < -0.39 is 5.92 Å². The van der Waals surface area contributed by atoms with Crippen molar-refractivity contribution in [3.8, 4) is 5.75 Å². The molecule has 1 aliphatic heterocycles. The van der Waals surface area contributed by atoms with Crippen LogP contribution >= 0.6 is 23.1 Å². The summed E-state index contributed by atoms with van der Waals surface area (Å²) in [5.41, 5.74) is 0.741. The molecule has 1 atom stereocenters. The minimum absolute atomic E-state index is 0.0665. The van der Waals surface area contributed by atoms with Crippen molar-refractivity contribution in [2.75, 3.05) is 23.9 Å². The van der Waals surface area contributed by atoms with Crippen LogP contribution < -0.4 is 15.0 Å². The van der Waals surface area contributed by atoms with Gasteiger partial charge in [0.1, 0.15) is 5.75 Å². The van der Waals surface area contributed by atoms with Crippen molar-refractivity contribution in [2.45, 2.75) is 41.7 Å². The zero-order valence-electron chi connectivity index (χ0n) is 15.6. The minimum atomic E-state index is -0.409. The first kappa shape index (κ1) is 19.2. The summed E-state index contributed by atoms with van der Waals surface area (Å²) in [6, 6.07) is 7.30. The van der Waals surface area contributed by atoms with Gasteiger partial charge >= 0.3 is 0 Å². The molecule has 2 heterocycles. The highest BCUT2D eigenvalue weighted by Gasteiger charge is 2.35. The average molecular weight is 419 g/mol. The van der Waals surface area contributed by atoms with Crippen LogP contribution in [-0.2, 0) is 9.59 Å². The molecule has 2 amide bonds. The molecule has 0 bridgehead atoms. The third kappa shape index (κ3) is 4.30. The van der Waals surface area contributed by atoms with E-state index >= 15 is 0 Å². The fourth-order valence-corrected chi connectivity index (χ4v) is 5.84. The van der Waals surface area contributed by atoms with Crippen molar-refractivity contribution >= 4 is 45.7 Å². The summed E-state index contributed by atoms with van der Waals surface area (Å²) in [6.45, 7) is 0.348. The Morgan fingerprint density at radius 2 is 2.14 bits per heavy atom. The molecule has 0 radical (unpaired) electrons. The van der Waals surface area contributed by atoms with Crippen molar-refractivity contribution in [1.29, 1.82) is 0 Å². The molecule has 28 heavy (non-hydrogen) atoms. The molecule has 1 unspecified atom stereocenters. The number of ether oxygens (including phenoxy) is 1. The lowest BCUT2D eigenvalue weighted by molar-refractivity contribution is -0.122. The van der Waals surface area contributed by atoms with Gasteiger partial charge in [0, 0.05) is 30.0 Å². The van der Waals surface area contributed by atoms with Gasteiger partial charge < -0.3 is 15.0 Å². The molecule has 0 spiro atoms. The molecule has 7 nitrogen and oxygen atoms in total. The molecule has 1 aromatic carbocycles. The number of anilines is 2. The van der Waals surface area contributed by atoms with E-state index in [1.165, 1.54) is 37.0 Å². The number of hydrogen-bond acceptors (Lipinski definition) is 7. The van der Waals surface area contributed by atoms with Crippen LogP contribution in [-0.4, -0.2) is 40.9 Å². The van der Waals surface area contributed by atoms with E-state index in [-0.39, 0.29) is 18.2 Å². The number of hydrogen-bond donors (Lipinski definition) is 1. The second kappa shape index (κ2) is 8.48. The molecule has 9 heteroatoms. The van der Waals surface area contributed by atoms with Gasteiger partial charge in [0.2, 0.25) is 16.9 Å². The van der Waals surface area contributed by atoms with Crippen LogP contribution in [0.15, 0.2) is 28.6 Å². The number of carbonyl (C=O) groups excluding carboxylic acids is 2. The van der Waals surface area contributed by atoms with Gasteiger partial charge in [0.05, 0.1) is 13.0 Å². The van der Waals surface area contributed by atoms with Crippen molar-refractivity contribution in [3.63, 3.8) is 0 Å². The van der Waals surface area contributed by atoms with Crippen LogP contribution in [0.3, 0.4) is 0 Å². The maximum absolute atomic E-state index is 12.6. The summed E-state index contributed by atoms with van der Waals surface area (Å²) in [4.78, 5) is 26.7. The fraction of sp³-hybridized carbons (Fsp3) is 0.474. The van der Waals surface area contributed by atoms with E-state index in [1.807, 2.05) is 18.2 Å². The Bertz CT molecular complexity index is 866. The second-order valence-corrected chi connectivity index (χ2v) is 9.52. The van der Waals surface area contributed by atoms with Crippen LogP contribution in [0.2, 0.25) is 0 Å². The van der Waals surface area contributed by atoms with Gasteiger partial charge in [-0.15, -0.1) is 10.2 Å². The van der Waals surface area contributed by atoms with E-state index in [4.69, 9.17) is 4.74 Å². The zero-order chi connectivity index (χ0) is 19.5. The summed E-state index contributed by atoms with van der Waals surface area (Å²) < 4.78 is 6.11. The number of nitrogens with one attached hydrogen (secondary N) is 1. The lowest BCUT2D eigenvalue weighted by atomic mass is 10.1. The number of methoxy groups -OCH3 is 1. The SMILES string of the molecule is COc1cccc(N2CC(C(=O)Nc3nnc(SC4CCCC4)s3)CC2=O)c1. The van der Waals surface area contributed by atoms with Gasteiger partial charge in [-0.2, -0.15) is 0 Å². The number of rotatable bonds is 6. The number of nitrogens with zero attached hydrogens (tertiary/aromatic N) is 3. The summed E-state index contributed by atoms with van der Waals surface area (Å²) in [5.74, 6) is 0.0170. The van der Waals surface area contributed by atoms with Gasteiger partial charge in [-0.05, 0) is 25.0 Å². The summed E-state index contributed by atoms with van der Waals surface area (Å²) in [6.07, 6.45) is 5.18. The first-order valence-electron chi connectivity index (χ1n) is 9.38. The van der Waals surface area contributed by atoms with Gasteiger partial charge in [-0.3, -0.25) is 9.59 Å². The number of benzene rings is 1. The zero-order valence-corrected chi connectivity index (χ0v) is 17.2. The molecule has 1 saturated heterocycles. The maximum Gasteiger partial charge on any atom is 0.231 e. The third-order valence-electron chi connectivity index (χ3n) is 5.07. The Morgan fingerprint density at radius 3 is 2.93 bits per heavy atom. The molecule has 2 aromatic rings. The van der Waals surface area contributed by atoms with Gasteiger partial charge in [-0.1, -0.05) is 42.0 Å². The molecular formula is C19H22N4O3S2. The number of carbonyl (C=O) groups is 2. The molecule has 2 aliphatic rings. The number of aromatic nitrogens is 2. The Kier molecular flexibility index (Phi) is 5.82. The van der Waals surface area contributed by atoms with Gasteiger partial charge in [-0.25, -0.2) is 0 Å². The normalized spacial score (nSPS) is 20.0. The number of thioether (sulfide) groups is 1. The Morgan fingerprint density at radius 1 is 1.32 bits per heavy atom. The Labute approximate surface area is 171 Å². The van der Waals surface area contributed by atoms with Crippen molar-refractivity contribution in [3.05, 3.63) is 24.3 Å². The number of amides is 2. The molecule has 148 valence electrons. The monoisotopic (exact) mass is 418 g/mol. The smallest absolute Gasteiger partial charge is 0.231 e. The largest absolute Gasteiger partial charge is 0.497 e. The van der Waals surface area contributed by atoms with Gasteiger partial charge in [0.25, 0.3) is 0 Å². The predicted octanol–water partition coefficient (Wildman–Crippen LogP) is 3.57. The Balaban J connectivity index is 1.36. The van der Waals surface area contributed by atoms with Crippen LogP contribution in [0.5, 0.6) is 5.75 Å². The highest BCUT2D eigenvalue weighted by atomic mass is 32.2. The summed E-state index contributed by atoms with van der Waals surface area (Å²) in [5, 5.41) is 12.2. The first-order chi connectivity index (χ1) is 13.6. The highest BCUT2D eigenvalue weighted by Crippen LogP contribution is 2.37. The van der Waals surface area contributed by atoms with Crippen LogP contribution in [0.1, 0.15) is 32.1 Å². The van der Waals surface area contributed by atoms with Crippen LogP contribution in [0, 0.1) is 5.92 Å². The van der Waals surface area contributed by atoms with E-state index in [1.54, 1.807) is 29.8 Å². The van der Waals surface area contributed by atoms with Crippen molar-refractivity contribution < 1.29 is 14.3 Å². The maximum atomic E-state index is 12.6. The summed E-state index contributed by atoms with van der Waals surface area (Å²) >= 11 is 3.16. The van der Waals surface area contributed by atoms with Crippen molar-refractivity contribution in [1.82, 2.24) is 10.2 Å². The Hall–Kier alpha value is -2.13.